The maximum Gasteiger partial charge on any atom is 0.112 e. The van der Waals surface area contributed by atoms with Crippen LogP contribution in [0.1, 0.15) is 76.0 Å². The van der Waals surface area contributed by atoms with Crippen molar-refractivity contribution < 1.29 is 0 Å². The predicted molar refractivity (Wildman–Crippen MR) is 82.9 cm³/mol. The smallest absolute Gasteiger partial charge is 0.112 e. The molecular formula is C17H29N3. The van der Waals surface area contributed by atoms with Crippen LogP contribution in [0, 0.1) is 5.41 Å². The van der Waals surface area contributed by atoms with Crippen molar-refractivity contribution in [1.29, 1.82) is 0 Å². The highest BCUT2D eigenvalue weighted by Crippen LogP contribution is 2.35. The third kappa shape index (κ3) is 2.93. The van der Waals surface area contributed by atoms with E-state index in [9.17, 15) is 0 Å². The number of imidazole rings is 1. The van der Waals surface area contributed by atoms with E-state index in [1.54, 1.807) is 0 Å². The Hall–Kier alpha value is -0.830. The molecule has 0 bridgehead atoms. The number of hydrogen-bond acceptors (Lipinski definition) is 2. The molecule has 0 radical (unpaired) electrons. The molecule has 3 rings (SSSR count). The number of nitrogens with zero attached hydrogens (tertiary/aromatic N) is 2. The summed E-state index contributed by atoms with van der Waals surface area (Å²) in [5.41, 5.74) is 3.25. The zero-order chi connectivity index (χ0) is 14.2. The number of fused-ring (bicyclic) bond motifs is 1. The highest BCUT2D eigenvalue weighted by molar-refractivity contribution is 5.22. The van der Waals surface area contributed by atoms with Crippen LogP contribution in [-0.4, -0.2) is 16.1 Å². The summed E-state index contributed by atoms with van der Waals surface area (Å²) in [6, 6.07) is 0. The first kappa shape index (κ1) is 14.1. The Morgan fingerprint density at radius 3 is 2.70 bits per heavy atom. The molecule has 0 amide bonds. The first-order valence-electron chi connectivity index (χ1n) is 8.33. The van der Waals surface area contributed by atoms with Gasteiger partial charge in [0, 0.05) is 37.7 Å². The normalized spacial score (nSPS) is 20.4. The Kier molecular flexibility index (Phi) is 3.89. The van der Waals surface area contributed by atoms with E-state index >= 15 is 0 Å². The van der Waals surface area contributed by atoms with Crippen molar-refractivity contribution >= 4 is 0 Å². The van der Waals surface area contributed by atoms with Crippen LogP contribution in [0.5, 0.6) is 0 Å². The summed E-state index contributed by atoms with van der Waals surface area (Å²) in [5.74, 6) is 2.13. The van der Waals surface area contributed by atoms with E-state index in [-0.39, 0.29) is 0 Å². The van der Waals surface area contributed by atoms with Gasteiger partial charge in [-0.2, -0.15) is 0 Å². The van der Waals surface area contributed by atoms with Crippen LogP contribution < -0.4 is 5.32 Å². The molecular weight excluding hydrogens is 246 g/mol. The van der Waals surface area contributed by atoms with Gasteiger partial charge in [0.05, 0.1) is 5.69 Å². The van der Waals surface area contributed by atoms with E-state index in [0.717, 1.165) is 32.0 Å². The molecule has 3 nitrogen and oxygen atoms in total. The minimum Gasteiger partial charge on any atom is -0.331 e. The number of aromatic nitrogens is 2. The van der Waals surface area contributed by atoms with Crippen molar-refractivity contribution in [1.82, 2.24) is 14.9 Å². The number of hydrogen-bond donors (Lipinski definition) is 1. The molecule has 112 valence electrons. The average molecular weight is 275 g/mol. The summed E-state index contributed by atoms with van der Waals surface area (Å²) in [4.78, 5) is 5.03. The molecule has 2 heterocycles. The Bertz CT molecular complexity index is 461. The lowest BCUT2D eigenvalue weighted by Crippen LogP contribution is -2.25. The summed E-state index contributed by atoms with van der Waals surface area (Å²) >= 11 is 0. The van der Waals surface area contributed by atoms with E-state index in [1.165, 1.54) is 49.3 Å². The molecule has 3 heteroatoms. The zero-order valence-corrected chi connectivity index (χ0v) is 13.3. The lowest BCUT2D eigenvalue weighted by molar-refractivity contribution is 0.342. The highest BCUT2D eigenvalue weighted by atomic mass is 15.1. The van der Waals surface area contributed by atoms with Crippen LogP contribution in [-0.2, 0) is 19.5 Å². The molecule has 1 fully saturated rings. The molecule has 1 aromatic heterocycles. The SMILES string of the molecule is CC(C)(C)CCn1c(C2CCCC2)nc2c1CCNC2. The van der Waals surface area contributed by atoms with Gasteiger partial charge in [-0.25, -0.2) is 4.98 Å². The largest absolute Gasteiger partial charge is 0.331 e. The van der Waals surface area contributed by atoms with E-state index in [1.807, 2.05) is 0 Å². The van der Waals surface area contributed by atoms with Gasteiger partial charge in [-0.1, -0.05) is 33.6 Å². The summed E-state index contributed by atoms with van der Waals surface area (Å²) in [6.45, 7) is 10.3. The molecule has 0 saturated heterocycles. The average Bonchev–Trinajstić information content (AvgIpc) is 3.02. The van der Waals surface area contributed by atoms with Crippen molar-refractivity contribution in [3.63, 3.8) is 0 Å². The van der Waals surface area contributed by atoms with E-state index in [0.29, 0.717) is 5.41 Å². The fourth-order valence-electron chi connectivity index (χ4n) is 3.58. The summed E-state index contributed by atoms with van der Waals surface area (Å²) < 4.78 is 2.59. The van der Waals surface area contributed by atoms with Crippen LogP contribution in [0.3, 0.4) is 0 Å². The first-order valence-corrected chi connectivity index (χ1v) is 8.33. The van der Waals surface area contributed by atoms with Crippen LogP contribution in [0.4, 0.5) is 0 Å². The second-order valence-electron chi connectivity index (χ2n) is 7.73. The minimum atomic E-state index is 0.400. The van der Waals surface area contributed by atoms with Crippen molar-refractivity contribution in [2.75, 3.05) is 6.54 Å². The maximum absolute atomic E-state index is 5.03. The van der Waals surface area contributed by atoms with Crippen LogP contribution in [0.2, 0.25) is 0 Å². The Labute approximate surface area is 123 Å². The van der Waals surface area contributed by atoms with Gasteiger partial charge in [-0.05, 0) is 24.7 Å². The van der Waals surface area contributed by atoms with E-state index in [4.69, 9.17) is 4.98 Å². The molecule has 20 heavy (non-hydrogen) atoms. The molecule has 1 saturated carbocycles. The fourth-order valence-corrected chi connectivity index (χ4v) is 3.58. The van der Waals surface area contributed by atoms with Crippen LogP contribution in [0.15, 0.2) is 0 Å². The molecule has 1 aromatic rings. The topological polar surface area (TPSA) is 29.9 Å². The lowest BCUT2D eigenvalue weighted by Gasteiger charge is -2.23. The van der Waals surface area contributed by atoms with Gasteiger partial charge < -0.3 is 9.88 Å². The molecule has 2 aliphatic rings. The van der Waals surface area contributed by atoms with Gasteiger partial charge in [0.15, 0.2) is 0 Å². The van der Waals surface area contributed by atoms with Crippen molar-refractivity contribution in [2.24, 2.45) is 5.41 Å². The van der Waals surface area contributed by atoms with Gasteiger partial charge in [-0.3, -0.25) is 0 Å². The van der Waals surface area contributed by atoms with E-state index in [2.05, 4.69) is 30.7 Å². The molecule has 1 aliphatic carbocycles. The summed E-state index contributed by atoms with van der Waals surface area (Å²) in [5, 5.41) is 3.47. The Morgan fingerprint density at radius 2 is 2.00 bits per heavy atom. The highest BCUT2D eigenvalue weighted by Gasteiger charge is 2.27. The maximum atomic E-state index is 5.03. The lowest BCUT2D eigenvalue weighted by atomic mass is 9.92. The summed E-state index contributed by atoms with van der Waals surface area (Å²) in [6.07, 6.45) is 7.86. The van der Waals surface area contributed by atoms with Crippen molar-refractivity contribution in [3.8, 4) is 0 Å². The minimum absolute atomic E-state index is 0.400. The second kappa shape index (κ2) is 5.51. The van der Waals surface area contributed by atoms with Crippen LogP contribution in [0.25, 0.3) is 0 Å². The number of nitrogens with one attached hydrogen (secondary N) is 1. The van der Waals surface area contributed by atoms with Gasteiger partial charge in [0.1, 0.15) is 5.82 Å². The standard InChI is InChI=1S/C17H29N3/c1-17(2,3)9-11-20-15-8-10-18-12-14(15)19-16(20)13-6-4-5-7-13/h13,18H,4-12H2,1-3H3. The van der Waals surface area contributed by atoms with E-state index < -0.39 is 0 Å². The molecule has 0 unspecified atom stereocenters. The molecule has 0 atom stereocenters. The van der Waals surface area contributed by atoms with Crippen molar-refractivity contribution in [2.45, 2.75) is 78.3 Å². The van der Waals surface area contributed by atoms with Gasteiger partial charge in [0.2, 0.25) is 0 Å². The van der Waals surface area contributed by atoms with Crippen molar-refractivity contribution in [3.05, 3.63) is 17.2 Å². The van der Waals surface area contributed by atoms with Gasteiger partial charge >= 0.3 is 0 Å². The third-order valence-electron chi connectivity index (χ3n) is 4.82. The molecule has 1 aliphatic heterocycles. The molecule has 0 spiro atoms. The van der Waals surface area contributed by atoms with Gasteiger partial charge in [-0.15, -0.1) is 0 Å². The van der Waals surface area contributed by atoms with Gasteiger partial charge in [0.25, 0.3) is 0 Å². The predicted octanol–water partition coefficient (Wildman–Crippen LogP) is 3.62. The Morgan fingerprint density at radius 1 is 1.25 bits per heavy atom. The molecule has 1 N–H and O–H groups in total. The third-order valence-corrected chi connectivity index (χ3v) is 4.82. The first-order chi connectivity index (χ1) is 9.54. The monoisotopic (exact) mass is 275 g/mol. The second-order valence-corrected chi connectivity index (χ2v) is 7.73. The molecule has 0 aromatic carbocycles. The Balaban J connectivity index is 1.89. The fraction of sp³-hybridized carbons (Fsp3) is 0.824. The summed E-state index contributed by atoms with van der Waals surface area (Å²) in [7, 11) is 0. The number of rotatable bonds is 3. The quantitative estimate of drug-likeness (QED) is 0.913. The zero-order valence-electron chi connectivity index (χ0n) is 13.3. The van der Waals surface area contributed by atoms with Crippen LogP contribution >= 0.6 is 0 Å².